The van der Waals surface area contributed by atoms with Crippen molar-refractivity contribution >= 4 is 21.7 Å². The van der Waals surface area contributed by atoms with Crippen molar-refractivity contribution in [3.8, 4) is 0 Å². The lowest BCUT2D eigenvalue weighted by molar-refractivity contribution is 0.412. The van der Waals surface area contributed by atoms with Crippen LogP contribution in [0.1, 0.15) is 30.9 Å². The Morgan fingerprint density at radius 2 is 2.21 bits per heavy atom. The van der Waals surface area contributed by atoms with Crippen LogP contribution >= 0.6 is 15.9 Å². The molecule has 0 saturated heterocycles. The van der Waals surface area contributed by atoms with Gasteiger partial charge in [-0.05, 0) is 28.8 Å². The summed E-state index contributed by atoms with van der Waals surface area (Å²) in [6.45, 7) is 0. The Kier molecular flexibility index (Phi) is 1.83. The first-order chi connectivity index (χ1) is 6.83. The van der Waals surface area contributed by atoms with E-state index in [0.29, 0.717) is 5.92 Å². The summed E-state index contributed by atoms with van der Waals surface area (Å²) in [4.78, 5) is 8.75. The van der Waals surface area contributed by atoms with Crippen LogP contribution in [0.25, 0.3) is 5.78 Å². The number of nitrogens with zero attached hydrogens (tertiary/aromatic N) is 3. The Morgan fingerprint density at radius 3 is 2.93 bits per heavy atom. The molecular formula is C10H10BrN3. The minimum atomic E-state index is 0.676. The highest BCUT2D eigenvalue weighted by molar-refractivity contribution is 9.10. The van der Waals surface area contributed by atoms with E-state index in [9.17, 15) is 0 Å². The molecule has 1 fully saturated rings. The second-order valence-electron chi connectivity index (χ2n) is 3.77. The molecule has 14 heavy (non-hydrogen) atoms. The standard InChI is InChI=1S/C10H10BrN3/c11-8-4-12-10-13-9(6-14(10)5-8)7-2-1-3-7/h4-7H,1-3H2. The van der Waals surface area contributed by atoms with Crippen LogP contribution < -0.4 is 0 Å². The summed E-state index contributed by atoms with van der Waals surface area (Å²) >= 11 is 3.40. The molecule has 0 spiro atoms. The third kappa shape index (κ3) is 1.25. The highest BCUT2D eigenvalue weighted by atomic mass is 79.9. The maximum absolute atomic E-state index is 4.51. The molecule has 1 aliphatic carbocycles. The Balaban J connectivity index is 2.10. The van der Waals surface area contributed by atoms with E-state index in [0.717, 1.165) is 10.3 Å². The van der Waals surface area contributed by atoms with E-state index in [1.807, 2.05) is 10.6 Å². The van der Waals surface area contributed by atoms with Crippen molar-refractivity contribution < 1.29 is 0 Å². The molecule has 72 valence electrons. The molecule has 1 saturated carbocycles. The van der Waals surface area contributed by atoms with Gasteiger partial charge in [-0.2, -0.15) is 0 Å². The van der Waals surface area contributed by atoms with Crippen LogP contribution in [0.15, 0.2) is 23.1 Å². The lowest BCUT2D eigenvalue weighted by Gasteiger charge is -2.22. The zero-order chi connectivity index (χ0) is 9.54. The second-order valence-corrected chi connectivity index (χ2v) is 4.69. The van der Waals surface area contributed by atoms with Crippen LogP contribution in [-0.4, -0.2) is 14.4 Å². The fourth-order valence-corrected chi connectivity index (χ4v) is 2.10. The quantitative estimate of drug-likeness (QED) is 0.781. The van der Waals surface area contributed by atoms with E-state index in [1.54, 1.807) is 6.20 Å². The Morgan fingerprint density at radius 1 is 1.36 bits per heavy atom. The fraction of sp³-hybridized carbons (Fsp3) is 0.400. The first kappa shape index (κ1) is 8.41. The first-order valence-corrected chi connectivity index (χ1v) is 5.62. The highest BCUT2D eigenvalue weighted by Crippen LogP contribution is 2.35. The molecule has 2 heterocycles. The zero-order valence-corrected chi connectivity index (χ0v) is 9.24. The molecule has 0 aliphatic heterocycles. The number of rotatable bonds is 1. The molecule has 3 nitrogen and oxygen atoms in total. The molecule has 2 aromatic heterocycles. The summed E-state index contributed by atoms with van der Waals surface area (Å²) in [6.07, 6.45) is 9.78. The molecule has 4 heteroatoms. The number of imidazole rings is 1. The molecule has 0 atom stereocenters. The molecule has 2 aromatic rings. The topological polar surface area (TPSA) is 30.2 Å². The first-order valence-electron chi connectivity index (χ1n) is 4.83. The van der Waals surface area contributed by atoms with Gasteiger partial charge in [0, 0.05) is 24.5 Å². The Bertz CT molecular complexity index is 473. The average Bonchev–Trinajstić information content (AvgIpc) is 2.43. The van der Waals surface area contributed by atoms with Crippen LogP contribution in [-0.2, 0) is 0 Å². The van der Waals surface area contributed by atoms with E-state index < -0.39 is 0 Å². The van der Waals surface area contributed by atoms with Crippen molar-refractivity contribution in [2.24, 2.45) is 0 Å². The molecular weight excluding hydrogens is 242 g/mol. The van der Waals surface area contributed by atoms with Gasteiger partial charge in [0.05, 0.1) is 10.2 Å². The van der Waals surface area contributed by atoms with Gasteiger partial charge in [-0.15, -0.1) is 0 Å². The maximum Gasteiger partial charge on any atom is 0.233 e. The second kappa shape index (κ2) is 3.05. The average molecular weight is 252 g/mol. The van der Waals surface area contributed by atoms with Crippen molar-refractivity contribution in [1.29, 1.82) is 0 Å². The number of hydrogen-bond acceptors (Lipinski definition) is 2. The summed E-state index contributed by atoms with van der Waals surface area (Å²) in [5.74, 6) is 1.48. The minimum Gasteiger partial charge on any atom is -0.290 e. The minimum absolute atomic E-state index is 0.676. The van der Waals surface area contributed by atoms with Crippen molar-refractivity contribution in [2.75, 3.05) is 0 Å². The van der Waals surface area contributed by atoms with Crippen molar-refractivity contribution in [1.82, 2.24) is 14.4 Å². The van der Waals surface area contributed by atoms with E-state index in [-0.39, 0.29) is 0 Å². The Labute approximate surface area is 90.3 Å². The molecule has 0 amide bonds. The lowest BCUT2D eigenvalue weighted by Crippen LogP contribution is -2.08. The smallest absolute Gasteiger partial charge is 0.233 e. The van der Waals surface area contributed by atoms with Gasteiger partial charge >= 0.3 is 0 Å². The molecule has 0 unspecified atom stereocenters. The van der Waals surface area contributed by atoms with E-state index in [1.165, 1.54) is 25.0 Å². The van der Waals surface area contributed by atoms with Crippen LogP contribution in [0.2, 0.25) is 0 Å². The summed E-state index contributed by atoms with van der Waals surface area (Å²) in [6, 6.07) is 0. The monoisotopic (exact) mass is 251 g/mol. The number of hydrogen-bond donors (Lipinski definition) is 0. The summed E-state index contributed by atoms with van der Waals surface area (Å²) in [5, 5.41) is 0. The third-order valence-corrected chi connectivity index (χ3v) is 3.23. The largest absolute Gasteiger partial charge is 0.290 e. The number of halogens is 1. The zero-order valence-electron chi connectivity index (χ0n) is 7.65. The summed E-state index contributed by atoms with van der Waals surface area (Å²) < 4.78 is 2.97. The van der Waals surface area contributed by atoms with E-state index in [2.05, 4.69) is 32.1 Å². The maximum atomic E-state index is 4.51. The van der Waals surface area contributed by atoms with Crippen molar-refractivity contribution in [3.63, 3.8) is 0 Å². The van der Waals surface area contributed by atoms with Gasteiger partial charge in [0.15, 0.2) is 0 Å². The van der Waals surface area contributed by atoms with Crippen LogP contribution in [0, 0.1) is 0 Å². The normalized spacial score (nSPS) is 17.2. The number of aromatic nitrogens is 3. The predicted octanol–water partition coefficient (Wildman–Crippen LogP) is 2.76. The van der Waals surface area contributed by atoms with Crippen LogP contribution in [0.3, 0.4) is 0 Å². The Hall–Kier alpha value is -0.900. The molecule has 1 aliphatic rings. The number of fused-ring (bicyclic) bond motifs is 1. The molecule has 0 radical (unpaired) electrons. The summed E-state index contributed by atoms with van der Waals surface area (Å²) in [7, 11) is 0. The predicted molar refractivity (Wildman–Crippen MR) is 57.3 cm³/mol. The van der Waals surface area contributed by atoms with Gasteiger partial charge in [0.25, 0.3) is 0 Å². The molecule has 0 bridgehead atoms. The molecule has 0 aromatic carbocycles. The highest BCUT2D eigenvalue weighted by Gasteiger charge is 2.22. The van der Waals surface area contributed by atoms with Gasteiger partial charge in [0.1, 0.15) is 0 Å². The van der Waals surface area contributed by atoms with E-state index in [4.69, 9.17) is 0 Å². The molecule has 0 N–H and O–H groups in total. The third-order valence-electron chi connectivity index (χ3n) is 2.82. The van der Waals surface area contributed by atoms with Gasteiger partial charge in [-0.1, -0.05) is 6.42 Å². The van der Waals surface area contributed by atoms with Gasteiger partial charge < -0.3 is 0 Å². The van der Waals surface area contributed by atoms with Crippen molar-refractivity contribution in [3.05, 3.63) is 28.8 Å². The van der Waals surface area contributed by atoms with Crippen molar-refractivity contribution in [2.45, 2.75) is 25.2 Å². The van der Waals surface area contributed by atoms with Crippen LogP contribution in [0.4, 0.5) is 0 Å². The summed E-state index contributed by atoms with van der Waals surface area (Å²) in [5.41, 5.74) is 1.20. The van der Waals surface area contributed by atoms with Gasteiger partial charge in [-0.3, -0.25) is 4.40 Å². The van der Waals surface area contributed by atoms with E-state index >= 15 is 0 Å². The lowest BCUT2D eigenvalue weighted by atomic mass is 9.83. The molecule has 3 rings (SSSR count). The van der Waals surface area contributed by atoms with Gasteiger partial charge in [-0.25, -0.2) is 9.97 Å². The van der Waals surface area contributed by atoms with Crippen LogP contribution in [0.5, 0.6) is 0 Å². The SMILES string of the molecule is Brc1cnc2nc(C3CCC3)cn2c1. The fourth-order valence-electron chi connectivity index (χ4n) is 1.78. The van der Waals surface area contributed by atoms with Gasteiger partial charge in [0.2, 0.25) is 5.78 Å².